The Kier molecular flexibility index (Phi) is 4.50. The van der Waals surface area contributed by atoms with Crippen LogP contribution in [0.4, 0.5) is 0 Å². The van der Waals surface area contributed by atoms with Crippen molar-refractivity contribution in [3.63, 3.8) is 0 Å². The lowest BCUT2D eigenvalue weighted by molar-refractivity contribution is 0.0965. The van der Waals surface area contributed by atoms with Gasteiger partial charge in [0.25, 0.3) is 0 Å². The Hall–Kier alpha value is -2.98. The highest BCUT2D eigenvalue weighted by atomic mass is 35.5. The summed E-state index contributed by atoms with van der Waals surface area (Å²) in [6, 6.07) is 24.1. The Morgan fingerprint density at radius 3 is 2.04 bits per heavy atom. The molecule has 1 heterocycles. The van der Waals surface area contributed by atoms with Crippen molar-refractivity contribution in [2.24, 2.45) is 0 Å². The molecule has 4 rings (SSSR count). The summed E-state index contributed by atoms with van der Waals surface area (Å²) in [6.45, 7) is 0. The molecule has 26 heavy (non-hydrogen) atoms. The third kappa shape index (κ3) is 3.37. The molecule has 0 radical (unpaired) electrons. The average molecular weight is 362 g/mol. The van der Waals surface area contributed by atoms with E-state index in [9.17, 15) is 4.79 Å². The number of aromatic nitrogens is 3. The number of hydrogen-bond acceptors (Lipinski definition) is 3. The van der Waals surface area contributed by atoms with Gasteiger partial charge in [0.15, 0.2) is 5.78 Å². The van der Waals surface area contributed by atoms with Gasteiger partial charge < -0.3 is 0 Å². The second-order valence-corrected chi connectivity index (χ2v) is 6.51. The molecular formula is C21H16ClN3O. The molecule has 0 saturated carbocycles. The number of rotatable bonds is 5. The maximum absolute atomic E-state index is 12.8. The van der Waals surface area contributed by atoms with Crippen LogP contribution in [0, 0.1) is 0 Å². The zero-order chi connectivity index (χ0) is 17.9. The smallest absolute Gasteiger partial charge is 0.165 e. The summed E-state index contributed by atoms with van der Waals surface area (Å²) >= 11 is 6.02. The van der Waals surface area contributed by atoms with Crippen LogP contribution >= 0.6 is 11.6 Å². The number of ketones is 1. The van der Waals surface area contributed by atoms with Gasteiger partial charge >= 0.3 is 0 Å². The first-order valence-corrected chi connectivity index (χ1v) is 8.74. The Morgan fingerprint density at radius 2 is 1.42 bits per heavy atom. The molecule has 0 bridgehead atoms. The third-order valence-corrected chi connectivity index (χ3v) is 4.56. The van der Waals surface area contributed by atoms with Crippen molar-refractivity contribution in [3.05, 3.63) is 95.0 Å². The van der Waals surface area contributed by atoms with Gasteiger partial charge in [0.2, 0.25) is 0 Å². The van der Waals surface area contributed by atoms with Crippen LogP contribution < -0.4 is 0 Å². The molecule has 128 valence electrons. The van der Waals surface area contributed by atoms with Crippen LogP contribution in [0.3, 0.4) is 0 Å². The molecule has 0 spiro atoms. The van der Waals surface area contributed by atoms with Gasteiger partial charge in [-0.2, -0.15) is 15.0 Å². The zero-order valence-electron chi connectivity index (χ0n) is 13.9. The van der Waals surface area contributed by atoms with Crippen molar-refractivity contribution in [3.8, 4) is 0 Å². The third-order valence-electron chi connectivity index (χ3n) is 4.31. The van der Waals surface area contributed by atoms with Crippen LogP contribution in [0.25, 0.3) is 11.0 Å². The van der Waals surface area contributed by atoms with E-state index in [1.807, 2.05) is 78.9 Å². The van der Waals surface area contributed by atoms with E-state index in [0.717, 1.165) is 16.6 Å². The maximum Gasteiger partial charge on any atom is 0.165 e. The van der Waals surface area contributed by atoms with Gasteiger partial charge in [-0.3, -0.25) is 4.79 Å². The standard InChI is InChI=1S/C21H16ClN3O/c22-17-12-10-15(11-13-17)20(14-21(26)16-6-2-1-3-7-16)25-23-18-8-4-5-9-19(18)24-25/h1-13,20H,14H2/t20-/m1/s1. The normalized spacial score (nSPS) is 12.2. The lowest BCUT2D eigenvalue weighted by atomic mass is 9.98. The SMILES string of the molecule is O=C(C[C@H](c1ccc(Cl)cc1)n1nc2ccccc2n1)c1ccccc1. The monoisotopic (exact) mass is 361 g/mol. The summed E-state index contributed by atoms with van der Waals surface area (Å²) in [5, 5.41) is 9.81. The summed E-state index contributed by atoms with van der Waals surface area (Å²) < 4.78 is 0. The second kappa shape index (κ2) is 7.10. The van der Waals surface area contributed by atoms with Gasteiger partial charge in [0.1, 0.15) is 17.1 Å². The highest BCUT2D eigenvalue weighted by Gasteiger charge is 2.21. The molecule has 0 N–H and O–H groups in total. The van der Waals surface area contributed by atoms with Crippen LogP contribution in [-0.4, -0.2) is 20.8 Å². The van der Waals surface area contributed by atoms with E-state index in [4.69, 9.17) is 11.6 Å². The minimum atomic E-state index is -0.299. The molecule has 0 aliphatic rings. The first kappa shape index (κ1) is 16.5. The largest absolute Gasteiger partial charge is 0.294 e. The molecule has 0 aliphatic heterocycles. The summed E-state index contributed by atoms with van der Waals surface area (Å²) in [6.07, 6.45) is 0.270. The van der Waals surface area contributed by atoms with Crippen LogP contribution in [0.1, 0.15) is 28.4 Å². The Balaban J connectivity index is 1.74. The molecular weight excluding hydrogens is 346 g/mol. The van der Waals surface area contributed by atoms with Crippen LogP contribution in [0.15, 0.2) is 78.9 Å². The number of carbonyl (C=O) groups is 1. The molecule has 0 unspecified atom stereocenters. The predicted octanol–water partition coefficient (Wildman–Crippen LogP) is 4.95. The molecule has 4 nitrogen and oxygen atoms in total. The Bertz CT molecular complexity index is 1010. The van der Waals surface area contributed by atoms with Gasteiger partial charge in [-0.05, 0) is 29.8 Å². The van der Waals surface area contributed by atoms with Gasteiger partial charge in [0, 0.05) is 17.0 Å². The lowest BCUT2D eigenvalue weighted by Gasteiger charge is -2.16. The van der Waals surface area contributed by atoms with E-state index in [2.05, 4.69) is 10.2 Å². The van der Waals surface area contributed by atoms with Crippen LogP contribution in [0.5, 0.6) is 0 Å². The van der Waals surface area contributed by atoms with Gasteiger partial charge in [-0.25, -0.2) is 0 Å². The van der Waals surface area contributed by atoms with Gasteiger partial charge in [0.05, 0.1) is 0 Å². The van der Waals surface area contributed by atoms with Crippen LogP contribution in [-0.2, 0) is 0 Å². The molecule has 5 heteroatoms. The van der Waals surface area contributed by atoms with Crippen molar-refractivity contribution >= 4 is 28.4 Å². The van der Waals surface area contributed by atoms with Crippen molar-refractivity contribution in [2.45, 2.75) is 12.5 Å². The Labute approximate surface area is 156 Å². The van der Waals surface area contributed by atoms with E-state index in [1.165, 1.54) is 0 Å². The Morgan fingerprint density at radius 1 is 0.846 bits per heavy atom. The van der Waals surface area contributed by atoms with E-state index in [1.54, 1.807) is 4.80 Å². The molecule has 1 atom stereocenters. The quantitative estimate of drug-likeness (QED) is 0.473. The fourth-order valence-electron chi connectivity index (χ4n) is 2.95. The summed E-state index contributed by atoms with van der Waals surface area (Å²) in [5.74, 6) is 0.0481. The molecule has 0 saturated heterocycles. The summed E-state index contributed by atoms with van der Waals surface area (Å²) in [7, 11) is 0. The van der Waals surface area contributed by atoms with Gasteiger partial charge in [-0.1, -0.05) is 66.2 Å². The number of nitrogens with zero attached hydrogens (tertiary/aromatic N) is 3. The van der Waals surface area contributed by atoms with E-state index < -0.39 is 0 Å². The number of halogens is 1. The fourth-order valence-corrected chi connectivity index (χ4v) is 3.08. The molecule has 3 aromatic carbocycles. The first-order chi connectivity index (χ1) is 12.7. The summed E-state index contributed by atoms with van der Waals surface area (Å²) in [4.78, 5) is 14.4. The summed E-state index contributed by atoms with van der Waals surface area (Å²) in [5.41, 5.74) is 3.24. The number of Topliss-reactive ketones (excluding diaryl/α,β-unsaturated/α-hetero) is 1. The number of fused-ring (bicyclic) bond motifs is 1. The van der Waals surface area contributed by atoms with Crippen molar-refractivity contribution in [2.75, 3.05) is 0 Å². The minimum absolute atomic E-state index is 0.0481. The lowest BCUT2D eigenvalue weighted by Crippen LogP contribution is -2.18. The van der Waals surface area contributed by atoms with E-state index >= 15 is 0 Å². The highest BCUT2D eigenvalue weighted by Crippen LogP contribution is 2.25. The minimum Gasteiger partial charge on any atom is -0.294 e. The number of hydrogen-bond donors (Lipinski definition) is 0. The topological polar surface area (TPSA) is 47.8 Å². The predicted molar refractivity (Wildman–Crippen MR) is 103 cm³/mol. The molecule has 0 aliphatic carbocycles. The average Bonchev–Trinajstić information content (AvgIpc) is 3.11. The maximum atomic E-state index is 12.8. The first-order valence-electron chi connectivity index (χ1n) is 8.36. The number of carbonyl (C=O) groups excluding carboxylic acids is 1. The molecule has 0 amide bonds. The molecule has 0 fully saturated rings. The second-order valence-electron chi connectivity index (χ2n) is 6.07. The highest BCUT2D eigenvalue weighted by molar-refractivity contribution is 6.30. The van der Waals surface area contributed by atoms with Crippen molar-refractivity contribution in [1.29, 1.82) is 0 Å². The van der Waals surface area contributed by atoms with Gasteiger partial charge in [-0.15, -0.1) is 0 Å². The van der Waals surface area contributed by atoms with E-state index in [0.29, 0.717) is 10.6 Å². The van der Waals surface area contributed by atoms with Crippen molar-refractivity contribution in [1.82, 2.24) is 15.0 Å². The molecule has 4 aromatic rings. The van der Waals surface area contributed by atoms with Crippen LogP contribution in [0.2, 0.25) is 5.02 Å². The number of benzene rings is 3. The zero-order valence-corrected chi connectivity index (χ0v) is 14.7. The fraction of sp³-hybridized carbons (Fsp3) is 0.0952. The van der Waals surface area contributed by atoms with E-state index in [-0.39, 0.29) is 18.2 Å². The molecule has 1 aromatic heterocycles. The van der Waals surface area contributed by atoms with Crippen molar-refractivity contribution < 1.29 is 4.79 Å².